The van der Waals surface area contributed by atoms with Crippen LogP contribution in [0.1, 0.15) is 34.5 Å². The first-order valence-electron chi connectivity index (χ1n) is 8.31. The lowest BCUT2D eigenvalue weighted by atomic mass is 9.97. The fourth-order valence-electron chi connectivity index (χ4n) is 3.04. The smallest absolute Gasteiger partial charge is 0.238 e. The fourth-order valence-corrected chi connectivity index (χ4v) is 4.08. The molecule has 3 rings (SSSR count). The van der Waals surface area contributed by atoms with Gasteiger partial charge in [0.2, 0.25) is 5.91 Å². The van der Waals surface area contributed by atoms with E-state index in [1.54, 1.807) is 43.8 Å². The molecular weight excluding hydrogens is 338 g/mol. The first kappa shape index (κ1) is 17.7. The van der Waals surface area contributed by atoms with Gasteiger partial charge in [-0.15, -0.1) is 11.3 Å². The number of rotatable bonds is 6. The number of carbonyl (C=O) groups is 1. The summed E-state index contributed by atoms with van der Waals surface area (Å²) in [6.07, 6.45) is 3.23. The van der Waals surface area contributed by atoms with E-state index in [0.717, 1.165) is 30.0 Å². The maximum Gasteiger partial charge on any atom is 0.238 e. The summed E-state index contributed by atoms with van der Waals surface area (Å²) < 4.78 is 10.4. The van der Waals surface area contributed by atoms with E-state index in [-0.39, 0.29) is 18.5 Å². The van der Waals surface area contributed by atoms with Crippen LogP contribution in [0, 0.1) is 6.92 Å². The number of aryl methyl sites for hydroxylation is 2. The van der Waals surface area contributed by atoms with Crippen LogP contribution in [0.25, 0.3) is 0 Å². The van der Waals surface area contributed by atoms with Crippen molar-refractivity contribution in [3.05, 3.63) is 33.8 Å². The van der Waals surface area contributed by atoms with Crippen molar-refractivity contribution in [2.24, 2.45) is 0 Å². The van der Waals surface area contributed by atoms with Gasteiger partial charge in [-0.25, -0.2) is 4.98 Å². The summed E-state index contributed by atoms with van der Waals surface area (Å²) in [6, 6.07) is 5.45. The SMILES string of the molecule is COc1cc(NC(=O)CN[C@@H]2CCCc3sc(C)nc32)cc(OC)c1. The zero-order chi connectivity index (χ0) is 17.8. The maximum atomic E-state index is 12.3. The second-order valence-corrected chi connectivity index (χ2v) is 7.30. The van der Waals surface area contributed by atoms with Gasteiger partial charge in [0.1, 0.15) is 11.5 Å². The Bertz CT molecular complexity index is 738. The van der Waals surface area contributed by atoms with Gasteiger partial charge in [-0.05, 0) is 26.2 Å². The average Bonchev–Trinajstić information content (AvgIpc) is 3.00. The lowest BCUT2D eigenvalue weighted by molar-refractivity contribution is -0.115. The van der Waals surface area contributed by atoms with E-state index in [1.807, 2.05) is 6.92 Å². The highest BCUT2D eigenvalue weighted by Crippen LogP contribution is 2.33. The second kappa shape index (κ2) is 7.84. The quantitative estimate of drug-likeness (QED) is 0.827. The number of thiazole rings is 1. The van der Waals surface area contributed by atoms with Crippen molar-refractivity contribution >= 4 is 22.9 Å². The molecule has 6 nitrogen and oxygen atoms in total. The summed E-state index contributed by atoms with van der Waals surface area (Å²) in [6.45, 7) is 2.27. The van der Waals surface area contributed by atoms with Crippen LogP contribution in [-0.2, 0) is 11.2 Å². The van der Waals surface area contributed by atoms with Crippen molar-refractivity contribution in [2.75, 3.05) is 26.1 Å². The zero-order valence-electron chi connectivity index (χ0n) is 14.7. The Morgan fingerprint density at radius 2 is 2.00 bits per heavy atom. The van der Waals surface area contributed by atoms with Crippen molar-refractivity contribution in [1.29, 1.82) is 0 Å². The predicted octanol–water partition coefficient (Wildman–Crippen LogP) is 3.07. The molecule has 0 unspecified atom stereocenters. The van der Waals surface area contributed by atoms with E-state index in [0.29, 0.717) is 17.2 Å². The number of fused-ring (bicyclic) bond motifs is 1. The normalized spacial score (nSPS) is 16.2. The summed E-state index contributed by atoms with van der Waals surface area (Å²) in [5.74, 6) is 1.17. The lowest BCUT2D eigenvalue weighted by Gasteiger charge is -2.22. The van der Waals surface area contributed by atoms with Gasteiger partial charge in [0.15, 0.2) is 0 Å². The van der Waals surface area contributed by atoms with E-state index in [2.05, 4.69) is 15.6 Å². The number of nitrogens with one attached hydrogen (secondary N) is 2. The van der Waals surface area contributed by atoms with Crippen molar-refractivity contribution in [3.8, 4) is 11.5 Å². The van der Waals surface area contributed by atoms with Crippen molar-refractivity contribution in [2.45, 2.75) is 32.2 Å². The average molecular weight is 361 g/mol. The number of hydrogen-bond acceptors (Lipinski definition) is 6. The number of benzene rings is 1. The largest absolute Gasteiger partial charge is 0.497 e. The Balaban J connectivity index is 1.60. The number of amides is 1. The molecule has 7 heteroatoms. The van der Waals surface area contributed by atoms with Gasteiger partial charge in [-0.3, -0.25) is 4.79 Å². The zero-order valence-corrected chi connectivity index (χ0v) is 15.5. The molecule has 1 aromatic heterocycles. The minimum absolute atomic E-state index is 0.102. The third-order valence-corrected chi connectivity index (χ3v) is 5.25. The molecule has 25 heavy (non-hydrogen) atoms. The molecule has 1 heterocycles. The minimum Gasteiger partial charge on any atom is -0.497 e. The monoisotopic (exact) mass is 361 g/mol. The third-order valence-electron chi connectivity index (χ3n) is 4.21. The van der Waals surface area contributed by atoms with Gasteiger partial charge in [-0.2, -0.15) is 0 Å². The molecular formula is C18H23N3O3S. The van der Waals surface area contributed by atoms with E-state index < -0.39 is 0 Å². The minimum atomic E-state index is -0.102. The molecule has 0 radical (unpaired) electrons. The Morgan fingerprint density at radius 3 is 2.68 bits per heavy atom. The van der Waals surface area contributed by atoms with Gasteiger partial charge >= 0.3 is 0 Å². The molecule has 0 fully saturated rings. The van der Waals surface area contributed by atoms with Crippen LogP contribution in [-0.4, -0.2) is 31.7 Å². The molecule has 134 valence electrons. The molecule has 1 aromatic carbocycles. The van der Waals surface area contributed by atoms with E-state index in [4.69, 9.17) is 9.47 Å². The van der Waals surface area contributed by atoms with Gasteiger partial charge in [0, 0.05) is 28.8 Å². The van der Waals surface area contributed by atoms with Crippen molar-refractivity contribution in [1.82, 2.24) is 10.3 Å². The van der Waals surface area contributed by atoms with Crippen LogP contribution in [0.4, 0.5) is 5.69 Å². The molecule has 0 saturated heterocycles. The standard InChI is InChI=1S/C18H23N3O3S/c1-11-20-18-15(5-4-6-16(18)25-11)19-10-17(22)21-12-7-13(23-2)9-14(8-12)24-3/h7-9,15,19H,4-6,10H2,1-3H3,(H,21,22)/t15-/m1/s1. The lowest BCUT2D eigenvalue weighted by Crippen LogP contribution is -2.33. The highest BCUT2D eigenvalue weighted by molar-refractivity contribution is 7.11. The second-order valence-electron chi connectivity index (χ2n) is 6.02. The molecule has 0 saturated carbocycles. The van der Waals surface area contributed by atoms with Gasteiger partial charge < -0.3 is 20.1 Å². The molecule has 0 spiro atoms. The summed E-state index contributed by atoms with van der Waals surface area (Å²) in [4.78, 5) is 18.3. The van der Waals surface area contributed by atoms with Gasteiger partial charge in [0.05, 0.1) is 37.5 Å². The Kier molecular flexibility index (Phi) is 5.55. The summed E-state index contributed by atoms with van der Waals surface area (Å²) in [5, 5.41) is 7.31. The molecule has 1 atom stereocenters. The number of carbonyl (C=O) groups excluding carboxylic acids is 1. The first-order valence-corrected chi connectivity index (χ1v) is 9.13. The van der Waals surface area contributed by atoms with Gasteiger partial charge in [-0.1, -0.05) is 0 Å². The Hall–Kier alpha value is -2.12. The van der Waals surface area contributed by atoms with Gasteiger partial charge in [0.25, 0.3) is 0 Å². The highest BCUT2D eigenvalue weighted by atomic mass is 32.1. The third kappa shape index (κ3) is 4.29. The topological polar surface area (TPSA) is 72.5 Å². The number of nitrogens with zero attached hydrogens (tertiary/aromatic N) is 1. The van der Waals surface area contributed by atoms with Crippen LogP contribution < -0.4 is 20.1 Å². The van der Waals surface area contributed by atoms with E-state index in [1.165, 1.54) is 4.88 Å². The number of hydrogen-bond donors (Lipinski definition) is 2. The number of anilines is 1. The Morgan fingerprint density at radius 1 is 1.28 bits per heavy atom. The molecule has 2 aromatic rings. The summed E-state index contributed by atoms with van der Waals surface area (Å²) in [7, 11) is 3.16. The van der Waals surface area contributed by atoms with Crippen molar-refractivity contribution < 1.29 is 14.3 Å². The highest BCUT2D eigenvalue weighted by Gasteiger charge is 2.24. The Labute approximate surface area is 151 Å². The summed E-state index contributed by atoms with van der Waals surface area (Å²) in [5.41, 5.74) is 1.77. The molecule has 0 bridgehead atoms. The molecule has 2 N–H and O–H groups in total. The van der Waals surface area contributed by atoms with Crippen LogP contribution >= 0.6 is 11.3 Å². The van der Waals surface area contributed by atoms with Crippen LogP contribution in [0.2, 0.25) is 0 Å². The summed E-state index contributed by atoms with van der Waals surface area (Å²) >= 11 is 1.76. The van der Waals surface area contributed by atoms with Crippen LogP contribution in [0.15, 0.2) is 18.2 Å². The maximum absolute atomic E-state index is 12.3. The number of methoxy groups -OCH3 is 2. The predicted molar refractivity (Wildman–Crippen MR) is 98.7 cm³/mol. The molecule has 1 aliphatic carbocycles. The van der Waals surface area contributed by atoms with E-state index in [9.17, 15) is 4.79 Å². The molecule has 0 aliphatic heterocycles. The van der Waals surface area contributed by atoms with Crippen LogP contribution in [0.5, 0.6) is 11.5 Å². The van der Waals surface area contributed by atoms with Crippen molar-refractivity contribution in [3.63, 3.8) is 0 Å². The van der Waals surface area contributed by atoms with E-state index >= 15 is 0 Å². The first-order chi connectivity index (χ1) is 12.1. The molecule has 1 aliphatic rings. The molecule has 1 amide bonds. The number of ether oxygens (including phenoxy) is 2. The van der Waals surface area contributed by atoms with Crippen LogP contribution in [0.3, 0.4) is 0 Å². The number of aromatic nitrogens is 1. The fraction of sp³-hybridized carbons (Fsp3) is 0.444.